The fourth-order valence-corrected chi connectivity index (χ4v) is 3.58. The fourth-order valence-electron chi connectivity index (χ4n) is 2.60. The number of fused-ring (bicyclic) bond motifs is 1. The maximum atomic E-state index is 4.74. The van der Waals surface area contributed by atoms with Gasteiger partial charge >= 0.3 is 0 Å². The summed E-state index contributed by atoms with van der Waals surface area (Å²) in [4.78, 5) is 4.74. The summed E-state index contributed by atoms with van der Waals surface area (Å²) in [5.41, 5.74) is 5.52. The van der Waals surface area contributed by atoms with Gasteiger partial charge < -0.3 is 0 Å². The predicted molar refractivity (Wildman–Crippen MR) is 92.0 cm³/mol. The van der Waals surface area contributed by atoms with Gasteiger partial charge in [-0.1, -0.05) is 37.3 Å². The lowest BCUT2D eigenvalue weighted by molar-refractivity contribution is 1.09. The van der Waals surface area contributed by atoms with Crippen LogP contribution in [-0.4, -0.2) is 15.2 Å². The molecule has 0 aliphatic heterocycles. The molecule has 4 aromatic rings. The van der Waals surface area contributed by atoms with Gasteiger partial charge in [0.15, 0.2) is 0 Å². The molecule has 0 atom stereocenters. The highest BCUT2D eigenvalue weighted by Gasteiger charge is 2.14. The highest BCUT2D eigenvalue weighted by molar-refractivity contribution is 7.21. The number of para-hydroxylation sites is 1. The average Bonchev–Trinajstić information content (AvgIpc) is 3.21. The Morgan fingerprint density at radius 3 is 2.86 bits per heavy atom. The number of aryl methyl sites for hydroxylation is 1. The van der Waals surface area contributed by atoms with Crippen LogP contribution in [0.3, 0.4) is 0 Å². The molecule has 0 amide bonds. The van der Waals surface area contributed by atoms with Crippen LogP contribution in [0.2, 0.25) is 0 Å². The second-order valence-electron chi connectivity index (χ2n) is 5.19. The largest absolute Gasteiger partial charge is 0.284 e. The van der Waals surface area contributed by atoms with E-state index in [0.29, 0.717) is 0 Å². The molecule has 0 saturated heterocycles. The lowest BCUT2D eigenvalue weighted by Gasteiger charge is -2.02. The third-order valence-electron chi connectivity index (χ3n) is 3.77. The van der Waals surface area contributed by atoms with E-state index in [1.807, 2.05) is 24.4 Å². The normalized spacial score (nSPS) is 11.1. The van der Waals surface area contributed by atoms with Gasteiger partial charge in [-0.3, -0.25) is 5.10 Å². The van der Waals surface area contributed by atoms with Crippen molar-refractivity contribution in [1.29, 1.82) is 0 Å². The van der Waals surface area contributed by atoms with Gasteiger partial charge in [0.25, 0.3) is 0 Å². The zero-order valence-corrected chi connectivity index (χ0v) is 13.0. The van der Waals surface area contributed by atoms with E-state index in [-0.39, 0.29) is 0 Å². The number of rotatable bonds is 3. The Morgan fingerprint density at radius 2 is 2.00 bits per heavy atom. The van der Waals surface area contributed by atoms with Gasteiger partial charge in [-0.25, -0.2) is 4.98 Å². The van der Waals surface area contributed by atoms with Crippen LogP contribution in [0, 0.1) is 0 Å². The summed E-state index contributed by atoms with van der Waals surface area (Å²) in [6.45, 7) is 2.16. The third-order valence-corrected chi connectivity index (χ3v) is 4.84. The summed E-state index contributed by atoms with van der Waals surface area (Å²) in [7, 11) is 0. The van der Waals surface area contributed by atoms with Crippen molar-refractivity contribution in [2.75, 3.05) is 0 Å². The van der Waals surface area contributed by atoms with Crippen molar-refractivity contribution in [3.63, 3.8) is 0 Å². The van der Waals surface area contributed by atoms with Crippen LogP contribution in [0.25, 0.3) is 32.0 Å². The number of benzene rings is 2. The number of aromatic nitrogens is 3. The number of nitrogens with zero attached hydrogens (tertiary/aromatic N) is 2. The molecule has 4 rings (SSSR count). The van der Waals surface area contributed by atoms with Crippen LogP contribution in [0.15, 0.2) is 54.7 Å². The monoisotopic (exact) mass is 305 g/mol. The minimum Gasteiger partial charge on any atom is -0.284 e. The van der Waals surface area contributed by atoms with Gasteiger partial charge in [0.2, 0.25) is 0 Å². The van der Waals surface area contributed by atoms with Crippen molar-refractivity contribution in [2.45, 2.75) is 13.3 Å². The lowest BCUT2D eigenvalue weighted by Crippen LogP contribution is -1.85. The van der Waals surface area contributed by atoms with Crippen LogP contribution in [0.5, 0.6) is 0 Å². The first-order valence-corrected chi connectivity index (χ1v) is 8.16. The quantitative estimate of drug-likeness (QED) is 0.584. The lowest BCUT2D eigenvalue weighted by atomic mass is 10.0. The molecule has 22 heavy (non-hydrogen) atoms. The topological polar surface area (TPSA) is 41.6 Å². The summed E-state index contributed by atoms with van der Waals surface area (Å²) in [5.74, 6) is 0. The Hall–Kier alpha value is -2.46. The Labute approximate surface area is 132 Å². The Morgan fingerprint density at radius 1 is 1.09 bits per heavy atom. The second kappa shape index (κ2) is 5.39. The molecule has 2 aromatic heterocycles. The van der Waals surface area contributed by atoms with Gasteiger partial charge in [-0.2, -0.15) is 5.10 Å². The van der Waals surface area contributed by atoms with Crippen molar-refractivity contribution in [2.24, 2.45) is 0 Å². The zero-order valence-electron chi connectivity index (χ0n) is 12.2. The van der Waals surface area contributed by atoms with Crippen molar-refractivity contribution < 1.29 is 0 Å². The number of hydrogen-bond acceptors (Lipinski definition) is 3. The minimum atomic E-state index is 0.967. The van der Waals surface area contributed by atoms with Crippen LogP contribution >= 0.6 is 11.3 Å². The van der Waals surface area contributed by atoms with Crippen molar-refractivity contribution >= 4 is 21.6 Å². The van der Waals surface area contributed by atoms with Gasteiger partial charge in [0.05, 0.1) is 15.8 Å². The number of H-pyrrole nitrogens is 1. The van der Waals surface area contributed by atoms with E-state index in [0.717, 1.165) is 33.8 Å². The number of hydrogen-bond donors (Lipinski definition) is 1. The summed E-state index contributed by atoms with van der Waals surface area (Å²) in [5, 5.41) is 8.45. The number of aromatic amines is 1. The van der Waals surface area contributed by atoms with Crippen LogP contribution in [-0.2, 0) is 6.42 Å². The molecule has 0 aliphatic rings. The SMILES string of the molecule is CCc1cccc(-c2n[nH]cc2-c2nc3ccccc3s2)c1. The molecule has 0 aliphatic carbocycles. The molecule has 1 N–H and O–H groups in total. The fraction of sp³-hybridized carbons (Fsp3) is 0.111. The molecular weight excluding hydrogens is 290 g/mol. The van der Waals surface area contributed by atoms with Crippen molar-refractivity contribution in [3.05, 3.63) is 60.3 Å². The van der Waals surface area contributed by atoms with Crippen molar-refractivity contribution in [3.8, 4) is 21.8 Å². The molecule has 0 fully saturated rings. The standard InChI is InChI=1S/C18H15N3S/c1-2-12-6-5-7-13(10-12)17-14(11-19-21-17)18-20-15-8-3-4-9-16(15)22-18/h3-11H,2H2,1H3,(H,19,21). The molecule has 108 valence electrons. The molecule has 2 heterocycles. The van der Waals surface area contributed by atoms with Crippen LogP contribution in [0.1, 0.15) is 12.5 Å². The van der Waals surface area contributed by atoms with Gasteiger partial charge in [-0.05, 0) is 30.2 Å². The third kappa shape index (κ3) is 2.22. The van der Waals surface area contributed by atoms with E-state index in [4.69, 9.17) is 4.98 Å². The maximum absolute atomic E-state index is 4.74. The van der Waals surface area contributed by atoms with Gasteiger partial charge in [0, 0.05) is 11.8 Å². The summed E-state index contributed by atoms with van der Waals surface area (Å²) >= 11 is 1.70. The van der Waals surface area contributed by atoms with Gasteiger partial charge in [0.1, 0.15) is 10.7 Å². The van der Waals surface area contributed by atoms with E-state index >= 15 is 0 Å². The van der Waals surface area contributed by atoms with E-state index < -0.39 is 0 Å². The Kier molecular flexibility index (Phi) is 3.24. The first-order chi connectivity index (χ1) is 10.8. The predicted octanol–water partition coefficient (Wildman–Crippen LogP) is 4.92. The molecule has 2 aromatic carbocycles. The molecule has 4 heteroatoms. The Bertz CT molecular complexity index is 903. The first-order valence-electron chi connectivity index (χ1n) is 7.34. The van der Waals surface area contributed by atoms with E-state index in [2.05, 4.69) is 47.5 Å². The second-order valence-corrected chi connectivity index (χ2v) is 6.22. The van der Waals surface area contributed by atoms with E-state index in [1.165, 1.54) is 10.3 Å². The van der Waals surface area contributed by atoms with Crippen molar-refractivity contribution in [1.82, 2.24) is 15.2 Å². The maximum Gasteiger partial charge on any atom is 0.128 e. The smallest absolute Gasteiger partial charge is 0.128 e. The number of thiazole rings is 1. The molecule has 0 unspecified atom stereocenters. The average molecular weight is 305 g/mol. The van der Waals surface area contributed by atoms with Crippen LogP contribution in [0.4, 0.5) is 0 Å². The van der Waals surface area contributed by atoms with Crippen LogP contribution < -0.4 is 0 Å². The zero-order chi connectivity index (χ0) is 14.9. The summed E-state index contributed by atoms with van der Waals surface area (Å²) < 4.78 is 1.20. The van der Waals surface area contributed by atoms with E-state index in [1.54, 1.807) is 11.3 Å². The molecule has 0 radical (unpaired) electrons. The van der Waals surface area contributed by atoms with Gasteiger partial charge in [-0.15, -0.1) is 11.3 Å². The van der Waals surface area contributed by atoms with E-state index in [9.17, 15) is 0 Å². The summed E-state index contributed by atoms with van der Waals surface area (Å²) in [6, 6.07) is 16.8. The molecule has 3 nitrogen and oxygen atoms in total. The molecule has 0 spiro atoms. The highest BCUT2D eigenvalue weighted by Crippen LogP contribution is 2.35. The summed E-state index contributed by atoms with van der Waals surface area (Å²) in [6.07, 6.45) is 2.96. The first kappa shape index (κ1) is 13.2. The number of nitrogens with one attached hydrogen (secondary N) is 1. The minimum absolute atomic E-state index is 0.967. The molecular formula is C18H15N3S. The molecule has 0 saturated carbocycles. The molecule has 0 bridgehead atoms. The highest BCUT2D eigenvalue weighted by atomic mass is 32.1. The Balaban J connectivity index is 1.85.